The van der Waals surface area contributed by atoms with E-state index in [2.05, 4.69) is 5.32 Å². The summed E-state index contributed by atoms with van der Waals surface area (Å²) >= 11 is 7.56. The van der Waals surface area contributed by atoms with E-state index in [0.29, 0.717) is 15.6 Å². The predicted molar refractivity (Wildman–Crippen MR) is 100 cm³/mol. The van der Waals surface area contributed by atoms with Crippen molar-refractivity contribution in [3.63, 3.8) is 0 Å². The minimum atomic E-state index is -0.439. The zero-order valence-corrected chi connectivity index (χ0v) is 16.3. The van der Waals surface area contributed by atoms with Gasteiger partial charge in [-0.1, -0.05) is 29.8 Å². The quantitative estimate of drug-likeness (QED) is 0.755. The summed E-state index contributed by atoms with van der Waals surface area (Å²) in [5.41, 5.74) is 2.24. The van der Waals surface area contributed by atoms with E-state index in [4.69, 9.17) is 16.3 Å². The Morgan fingerprint density at radius 1 is 1.32 bits per heavy atom. The molecule has 1 heterocycles. The van der Waals surface area contributed by atoms with Gasteiger partial charge in [-0.25, -0.2) is 4.79 Å². The lowest BCUT2D eigenvalue weighted by atomic mass is 10.1. The number of ether oxygens (including phenoxy) is 1. The Bertz CT molecular complexity index is 789. The number of amides is 1. The predicted octanol–water partition coefficient (Wildman–Crippen LogP) is 3.07. The second kappa shape index (κ2) is 8.47. The molecule has 3 N–H and O–H groups in total. The molecule has 134 valence electrons. The van der Waals surface area contributed by atoms with Crippen LogP contribution in [0.15, 0.2) is 24.3 Å². The van der Waals surface area contributed by atoms with Crippen LogP contribution in [0.5, 0.6) is 0 Å². The van der Waals surface area contributed by atoms with Gasteiger partial charge in [0, 0.05) is 15.5 Å². The standard InChI is InChI=1S/C18H21ClN2O3S/c1-10-12(3)25-17(16(10)18(23)24-4)21-15(22)9-20-11(2)13-7-5-6-8-14(13)19/h5-8,11,20H,9H2,1-4H3,(H,21,22)/p+1/t11-/m1/s1. The molecule has 0 aliphatic carbocycles. The molecule has 1 aromatic heterocycles. The monoisotopic (exact) mass is 381 g/mol. The maximum Gasteiger partial charge on any atom is 0.341 e. The van der Waals surface area contributed by atoms with Crippen molar-refractivity contribution in [1.82, 2.24) is 0 Å². The molecule has 0 unspecified atom stereocenters. The third kappa shape index (κ3) is 4.60. The van der Waals surface area contributed by atoms with Crippen LogP contribution in [0.2, 0.25) is 5.02 Å². The molecular formula is C18H22ClN2O3S+. The summed E-state index contributed by atoms with van der Waals surface area (Å²) in [6.45, 7) is 5.98. The number of nitrogens with one attached hydrogen (secondary N) is 1. The minimum absolute atomic E-state index is 0.0475. The zero-order chi connectivity index (χ0) is 18.6. The summed E-state index contributed by atoms with van der Waals surface area (Å²) in [5.74, 6) is -0.615. The number of esters is 1. The molecule has 5 nitrogen and oxygen atoms in total. The number of carbonyl (C=O) groups is 2. The highest BCUT2D eigenvalue weighted by molar-refractivity contribution is 7.16. The molecule has 0 saturated carbocycles. The molecule has 0 saturated heterocycles. The molecule has 0 spiro atoms. The molecular weight excluding hydrogens is 360 g/mol. The highest BCUT2D eigenvalue weighted by Gasteiger charge is 2.22. The first-order chi connectivity index (χ1) is 11.8. The Labute approximate surface area is 156 Å². The van der Waals surface area contributed by atoms with E-state index >= 15 is 0 Å². The fraction of sp³-hybridized carbons (Fsp3) is 0.333. The van der Waals surface area contributed by atoms with Crippen LogP contribution >= 0.6 is 22.9 Å². The lowest BCUT2D eigenvalue weighted by Gasteiger charge is -2.12. The van der Waals surface area contributed by atoms with Crippen molar-refractivity contribution in [3.05, 3.63) is 50.9 Å². The van der Waals surface area contributed by atoms with Gasteiger partial charge in [0.05, 0.1) is 12.7 Å². The number of hydrogen-bond donors (Lipinski definition) is 2. The van der Waals surface area contributed by atoms with Gasteiger partial charge in [0.25, 0.3) is 5.91 Å². The molecule has 1 aromatic carbocycles. The Morgan fingerprint density at radius 3 is 2.64 bits per heavy atom. The van der Waals surface area contributed by atoms with Gasteiger partial charge in [-0.3, -0.25) is 4.79 Å². The first-order valence-electron chi connectivity index (χ1n) is 7.91. The Morgan fingerprint density at radius 2 is 2.00 bits per heavy atom. The number of hydrogen-bond acceptors (Lipinski definition) is 4. The highest BCUT2D eigenvalue weighted by Crippen LogP contribution is 2.32. The maximum atomic E-state index is 12.3. The van der Waals surface area contributed by atoms with Gasteiger partial charge in [0.2, 0.25) is 0 Å². The summed E-state index contributed by atoms with van der Waals surface area (Å²) in [5, 5.41) is 5.95. The second-order valence-corrected chi connectivity index (χ2v) is 7.41. The van der Waals surface area contributed by atoms with Crippen molar-refractivity contribution < 1.29 is 19.6 Å². The summed E-state index contributed by atoms with van der Waals surface area (Å²) in [6, 6.07) is 7.63. The first-order valence-corrected chi connectivity index (χ1v) is 9.10. The molecule has 2 rings (SSSR count). The van der Waals surface area contributed by atoms with E-state index in [0.717, 1.165) is 16.0 Å². The molecule has 25 heavy (non-hydrogen) atoms. The number of halogens is 1. The van der Waals surface area contributed by atoms with Gasteiger partial charge in [-0.05, 0) is 32.4 Å². The van der Waals surface area contributed by atoms with E-state index in [9.17, 15) is 9.59 Å². The number of aryl methyl sites for hydroxylation is 1. The van der Waals surface area contributed by atoms with Crippen LogP contribution < -0.4 is 10.6 Å². The number of anilines is 1. The molecule has 7 heteroatoms. The molecule has 0 aliphatic rings. The van der Waals surface area contributed by atoms with Crippen LogP contribution in [0.4, 0.5) is 5.00 Å². The van der Waals surface area contributed by atoms with Crippen molar-refractivity contribution in [2.45, 2.75) is 26.8 Å². The van der Waals surface area contributed by atoms with E-state index in [-0.39, 0.29) is 18.5 Å². The number of thiophene rings is 1. The van der Waals surface area contributed by atoms with Gasteiger partial charge >= 0.3 is 5.97 Å². The summed E-state index contributed by atoms with van der Waals surface area (Å²) in [7, 11) is 1.33. The lowest BCUT2D eigenvalue weighted by Crippen LogP contribution is -2.86. The number of carbonyl (C=O) groups excluding carboxylic acids is 2. The van der Waals surface area contributed by atoms with E-state index in [1.165, 1.54) is 18.4 Å². The Kier molecular flexibility index (Phi) is 6.58. The van der Waals surface area contributed by atoms with Gasteiger partial charge in [0.1, 0.15) is 11.0 Å². The van der Waals surface area contributed by atoms with Crippen LogP contribution in [-0.2, 0) is 9.53 Å². The fourth-order valence-corrected chi connectivity index (χ4v) is 3.87. The zero-order valence-electron chi connectivity index (χ0n) is 14.7. The van der Waals surface area contributed by atoms with Crippen LogP contribution in [-0.4, -0.2) is 25.5 Å². The minimum Gasteiger partial charge on any atom is -0.465 e. The number of quaternary nitrogens is 1. The van der Waals surface area contributed by atoms with Gasteiger partial charge < -0.3 is 15.4 Å². The first kappa shape index (κ1) is 19.4. The SMILES string of the molecule is COC(=O)c1c(NC(=O)C[NH2+][C@H](C)c2ccccc2Cl)sc(C)c1C. The lowest BCUT2D eigenvalue weighted by molar-refractivity contribution is -0.682. The largest absolute Gasteiger partial charge is 0.465 e. The molecule has 1 atom stereocenters. The molecule has 0 fully saturated rings. The molecule has 0 radical (unpaired) electrons. The van der Waals surface area contributed by atoms with E-state index in [1.54, 1.807) is 0 Å². The van der Waals surface area contributed by atoms with Crippen molar-refractivity contribution >= 4 is 39.8 Å². The van der Waals surface area contributed by atoms with E-state index in [1.807, 2.05) is 50.4 Å². The highest BCUT2D eigenvalue weighted by atomic mass is 35.5. The van der Waals surface area contributed by atoms with Crippen molar-refractivity contribution in [2.75, 3.05) is 19.0 Å². The average Bonchev–Trinajstić information content (AvgIpc) is 2.86. The Balaban J connectivity index is 2.03. The topological polar surface area (TPSA) is 72.0 Å². The average molecular weight is 382 g/mol. The van der Waals surface area contributed by atoms with Crippen molar-refractivity contribution in [1.29, 1.82) is 0 Å². The maximum absolute atomic E-state index is 12.3. The van der Waals surface area contributed by atoms with Crippen LogP contribution in [0.25, 0.3) is 0 Å². The summed E-state index contributed by atoms with van der Waals surface area (Å²) in [4.78, 5) is 25.2. The van der Waals surface area contributed by atoms with Crippen molar-refractivity contribution in [2.24, 2.45) is 0 Å². The van der Waals surface area contributed by atoms with E-state index < -0.39 is 5.97 Å². The van der Waals surface area contributed by atoms with Crippen LogP contribution in [0, 0.1) is 13.8 Å². The van der Waals surface area contributed by atoms with Crippen LogP contribution in [0.3, 0.4) is 0 Å². The summed E-state index contributed by atoms with van der Waals surface area (Å²) in [6.07, 6.45) is 0. The smallest absolute Gasteiger partial charge is 0.341 e. The Hall–Kier alpha value is -1.89. The van der Waals surface area contributed by atoms with Gasteiger partial charge in [-0.2, -0.15) is 0 Å². The second-order valence-electron chi connectivity index (χ2n) is 5.78. The third-order valence-corrected chi connectivity index (χ3v) is 5.55. The normalized spacial score (nSPS) is 11.9. The van der Waals surface area contributed by atoms with Gasteiger partial charge in [0.15, 0.2) is 6.54 Å². The number of rotatable bonds is 6. The van der Waals surface area contributed by atoms with Gasteiger partial charge in [-0.15, -0.1) is 11.3 Å². The number of benzene rings is 1. The number of nitrogens with two attached hydrogens (primary N) is 1. The molecule has 1 amide bonds. The number of methoxy groups -OCH3 is 1. The summed E-state index contributed by atoms with van der Waals surface area (Å²) < 4.78 is 4.82. The molecule has 2 aromatic rings. The molecule has 0 bridgehead atoms. The third-order valence-electron chi connectivity index (χ3n) is 4.08. The van der Waals surface area contributed by atoms with Crippen LogP contribution in [0.1, 0.15) is 39.3 Å². The van der Waals surface area contributed by atoms with Crippen molar-refractivity contribution in [3.8, 4) is 0 Å². The fourth-order valence-electron chi connectivity index (χ4n) is 2.50. The molecule has 0 aliphatic heterocycles.